The van der Waals surface area contributed by atoms with Gasteiger partial charge in [0.05, 0.1) is 7.11 Å². The number of methoxy groups -OCH3 is 1. The van der Waals surface area contributed by atoms with Gasteiger partial charge in [0.2, 0.25) is 11.8 Å². The van der Waals surface area contributed by atoms with Gasteiger partial charge in [0.25, 0.3) is 0 Å². The summed E-state index contributed by atoms with van der Waals surface area (Å²) in [6.45, 7) is 0. The molecule has 1 aromatic heterocycles. The Bertz CT molecular complexity index is 348. The van der Waals surface area contributed by atoms with Gasteiger partial charge in [-0.1, -0.05) is 6.42 Å². The van der Waals surface area contributed by atoms with Gasteiger partial charge in [0, 0.05) is 23.6 Å². The Morgan fingerprint density at radius 3 is 3.12 bits per heavy atom. The standard InChI is InChI=1S/C11H17N3OS/c1-15-10-6-7-12-11(14-10)13-8-4-3-5-9(8)16-2/h6-9H,3-5H2,1-2H3,(H,12,13,14). The quantitative estimate of drug-likeness (QED) is 0.872. The van der Waals surface area contributed by atoms with Crippen LogP contribution in [0.15, 0.2) is 12.3 Å². The number of aromatic nitrogens is 2. The largest absolute Gasteiger partial charge is 0.481 e. The molecule has 0 saturated heterocycles. The van der Waals surface area contributed by atoms with Gasteiger partial charge in [0.1, 0.15) is 0 Å². The second-order valence-corrected chi connectivity index (χ2v) is 4.96. The molecule has 0 bridgehead atoms. The number of ether oxygens (including phenoxy) is 1. The highest BCUT2D eigenvalue weighted by atomic mass is 32.2. The maximum absolute atomic E-state index is 5.08. The molecule has 1 aliphatic rings. The Balaban J connectivity index is 2.02. The van der Waals surface area contributed by atoms with Crippen molar-refractivity contribution in [1.29, 1.82) is 0 Å². The van der Waals surface area contributed by atoms with Crippen molar-refractivity contribution in [2.45, 2.75) is 30.6 Å². The van der Waals surface area contributed by atoms with E-state index in [0.29, 0.717) is 23.1 Å². The van der Waals surface area contributed by atoms with Gasteiger partial charge in [-0.2, -0.15) is 16.7 Å². The number of nitrogens with one attached hydrogen (secondary N) is 1. The molecular weight excluding hydrogens is 222 g/mol. The summed E-state index contributed by atoms with van der Waals surface area (Å²) >= 11 is 1.92. The summed E-state index contributed by atoms with van der Waals surface area (Å²) in [6.07, 6.45) is 7.65. The zero-order valence-corrected chi connectivity index (χ0v) is 10.5. The third-order valence-electron chi connectivity index (χ3n) is 2.91. The van der Waals surface area contributed by atoms with E-state index >= 15 is 0 Å². The van der Waals surface area contributed by atoms with Gasteiger partial charge in [0.15, 0.2) is 0 Å². The minimum absolute atomic E-state index is 0.488. The molecule has 0 amide bonds. The van der Waals surface area contributed by atoms with Crippen LogP contribution in [-0.2, 0) is 0 Å². The number of hydrogen-bond donors (Lipinski definition) is 1. The van der Waals surface area contributed by atoms with E-state index in [1.54, 1.807) is 19.4 Å². The normalized spacial score (nSPS) is 24.4. The van der Waals surface area contributed by atoms with Crippen molar-refractivity contribution in [2.24, 2.45) is 0 Å². The van der Waals surface area contributed by atoms with Crippen LogP contribution in [0.3, 0.4) is 0 Å². The highest BCUT2D eigenvalue weighted by Crippen LogP contribution is 2.30. The number of rotatable bonds is 4. The minimum atomic E-state index is 0.488. The van der Waals surface area contributed by atoms with Crippen LogP contribution in [0.25, 0.3) is 0 Å². The monoisotopic (exact) mass is 239 g/mol. The first kappa shape index (κ1) is 11.5. The van der Waals surface area contributed by atoms with Gasteiger partial charge in [-0.15, -0.1) is 0 Å². The topological polar surface area (TPSA) is 47.0 Å². The fourth-order valence-corrected chi connectivity index (χ4v) is 3.00. The van der Waals surface area contributed by atoms with E-state index < -0.39 is 0 Å². The molecule has 88 valence electrons. The number of anilines is 1. The molecule has 5 heteroatoms. The Labute approximate surface area is 100 Å². The molecule has 1 N–H and O–H groups in total. The average Bonchev–Trinajstić information content (AvgIpc) is 2.76. The highest BCUT2D eigenvalue weighted by Gasteiger charge is 2.26. The van der Waals surface area contributed by atoms with Crippen molar-refractivity contribution in [3.05, 3.63) is 12.3 Å². The second kappa shape index (κ2) is 5.39. The molecule has 1 aliphatic carbocycles. The fraction of sp³-hybridized carbons (Fsp3) is 0.636. The Kier molecular flexibility index (Phi) is 3.88. The summed E-state index contributed by atoms with van der Waals surface area (Å²) in [5, 5.41) is 4.07. The maximum Gasteiger partial charge on any atom is 0.226 e. The van der Waals surface area contributed by atoms with Crippen LogP contribution >= 0.6 is 11.8 Å². The molecule has 1 aromatic rings. The third kappa shape index (κ3) is 2.58. The van der Waals surface area contributed by atoms with Gasteiger partial charge < -0.3 is 10.1 Å². The summed E-state index contributed by atoms with van der Waals surface area (Å²) in [4.78, 5) is 8.48. The molecule has 1 heterocycles. The molecule has 0 aromatic carbocycles. The van der Waals surface area contributed by atoms with Crippen molar-refractivity contribution in [3.63, 3.8) is 0 Å². The van der Waals surface area contributed by atoms with Crippen LogP contribution in [0.2, 0.25) is 0 Å². The molecular formula is C11H17N3OS. The molecule has 2 atom stereocenters. The lowest BCUT2D eigenvalue weighted by atomic mass is 10.2. The Hall–Kier alpha value is -0.970. The van der Waals surface area contributed by atoms with Crippen molar-refractivity contribution in [2.75, 3.05) is 18.7 Å². The van der Waals surface area contributed by atoms with Crippen LogP contribution in [0.5, 0.6) is 5.88 Å². The molecule has 0 aliphatic heterocycles. The Morgan fingerprint density at radius 1 is 1.50 bits per heavy atom. The Morgan fingerprint density at radius 2 is 2.38 bits per heavy atom. The molecule has 0 spiro atoms. The van der Waals surface area contributed by atoms with Crippen LogP contribution in [-0.4, -0.2) is 34.6 Å². The smallest absolute Gasteiger partial charge is 0.226 e. The van der Waals surface area contributed by atoms with Gasteiger partial charge in [-0.25, -0.2) is 4.98 Å². The lowest BCUT2D eigenvalue weighted by molar-refractivity contribution is 0.397. The molecule has 2 unspecified atom stereocenters. The van der Waals surface area contributed by atoms with Crippen molar-refractivity contribution < 1.29 is 4.74 Å². The first-order valence-corrected chi connectivity index (χ1v) is 6.78. The first-order chi connectivity index (χ1) is 7.83. The molecule has 16 heavy (non-hydrogen) atoms. The van der Waals surface area contributed by atoms with Crippen molar-refractivity contribution in [3.8, 4) is 5.88 Å². The van der Waals surface area contributed by atoms with Crippen molar-refractivity contribution in [1.82, 2.24) is 9.97 Å². The van der Waals surface area contributed by atoms with Crippen LogP contribution in [0.1, 0.15) is 19.3 Å². The summed E-state index contributed by atoms with van der Waals surface area (Å²) in [6, 6.07) is 2.24. The predicted octanol–water partition coefficient (Wildman–Crippen LogP) is 2.18. The molecule has 1 fully saturated rings. The van der Waals surface area contributed by atoms with Gasteiger partial charge in [-0.05, 0) is 19.1 Å². The number of hydrogen-bond acceptors (Lipinski definition) is 5. The summed E-state index contributed by atoms with van der Waals surface area (Å²) in [5.41, 5.74) is 0. The van der Waals surface area contributed by atoms with E-state index in [-0.39, 0.29) is 0 Å². The predicted molar refractivity (Wildman–Crippen MR) is 67.1 cm³/mol. The number of nitrogens with zero attached hydrogens (tertiary/aromatic N) is 2. The van der Waals surface area contributed by atoms with E-state index in [0.717, 1.165) is 0 Å². The summed E-state index contributed by atoms with van der Waals surface area (Å²) in [7, 11) is 1.62. The van der Waals surface area contributed by atoms with Crippen molar-refractivity contribution >= 4 is 17.7 Å². The van der Waals surface area contributed by atoms with Crippen LogP contribution < -0.4 is 10.1 Å². The summed E-state index contributed by atoms with van der Waals surface area (Å²) in [5.74, 6) is 1.28. The first-order valence-electron chi connectivity index (χ1n) is 5.50. The minimum Gasteiger partial charge on any atom is -0.481 e. The van der Waals surface area contributed by atoms with Crippen LogP contribution in [0, 0.1) is 0 Å². The van der Waals surface area contributed by atoms with E-state index in [1.165, 1.54) is 19.3 Å². The highest BCUT2D eigenvalue weighted by molar-refractivity contribution is 7.99. The maximum atomic E-state index is 5.08. The SMILES string of the molecule is COc1ccnc(NC2CCCC2SC)n1. The van der Waals surface area contributed by atoms with E-state index in [2.05, 4.69) is 21.5 Å². The van der Waals surface area contributed by atoms with Gasteiger partial charge in [-0.3, -0.25) is 0 Å². The number of thioether (sulfide) groups is 1. The summed E-state index contributed by atoms with van der Waals surface area (Å²) < 4.78 is 5.08. The lowest BCUT2D eigenvalue weighted by Gasteiger charge is -2.18. The third-order valence-corrected chi connectivity index (χ3v) is 4.08. The lowest BCUT2D eigenvalue weighted by Crippen LogP contribution is -2.26. The zero-order chi connectivity index (χ0) is 11.4. The zero-order valence-electron chi connectivity index (χ0n) is 9.64. The molecule has 2 rings (SSSR count). The average molecular weight is 239 g/mol. The fourth-order valence-electron chi connectivity index (χ4n) is 2.06. The second-order valence-electron chi connectivity index (χ2n) is 3.88. The van der Waals surface area contributed by atoms with E-state index in [1.807, 2.05) is 11.8 Å². The van der Waals surface area contributed by atoms with Gasteiger partial charge >= 0.3 is 0 Å². The van der Waals surface area contributed by atoms with E-state index in [4.69, 9.17) is 4.74 Å². The van der Waals surface area contributed by atoms with Crippen LogP contribution in [0.4, 0.5) is 5.95 Å². The van der Waals surface area contributed by atoms with E-state index in [9.17, 15) is 0 Å². The molecule has 1 saturated carbocycles. The molecule has 0 radical (unpaired) electrons. The molecule has 4 nitrogen and oxygen atoms in total.